The highest BCUT2D eigenvalue weighted by Crippen LogP contribution is 2.26. The molecule has 0 bridgehead atoms. The van der Waals surface area contributed by atoms with Crippen LogP contribution in [0.5, 0.6) is 0 Å². The molecular weight excluding hydrogens is 410 g/mol. The molecule has 0 unspecified atom stereocenters. The van der Waals surface area contributed by atoms with E-state index in [2.05, 4.69) is 25.0 Å². The number of anilines is 1. The Balaban J connectivity index is 1.52. The van der Waals surface area contributed by atoms with Gasteiger partial charge in [-0.15, -0.1) is 5.10 Å². The molecule has 3 aromatic heterocycles. The fourth-order valence-corrected chi connectivity index (χ4v) is 3.84. The molecule has 10 nitrogen and oxygen atoms in total. The summed E-state index contributed by atoms with van der Waals surface area (Å²) in [6.45, 7) is 2.58. The lowest BCUT2D eigenvalue weighted by atomic mass is 9.92. The van der Waals surface area contributed by atoms with Crippen molar-refractivity contribution in [3.8, 4) is 0 Å². The van der Waals surface area contributed by atoms with Crippen LogP contribution in [0.3, 0.4) is 0 Å². The number of hydrogen-bond acceptors (Lipinski definition) is 8. The minimum atomic E-state index is -2.79. The van der Waals surface area contributed by atoms with Gasteiger partial charge in [-0.3, -0.25) is 9.78 Å². The van der Waals surface area contributed by atoms with E-state index in [0.717, 1.165) is 4.52 Å². The summed E-state index contributed by atoms with van der Waals surface area (Å²) in [5.74, 6) is -0.268. The van der Waals surface area contributed by atoms with Crippen molar-refractivity contribution in [1.29, 1.82) is 0 Å². The molecule has 0 radical (unpaired) electrons. The van der Waals surface area contributed by atoms with Gasteiger partial charge in [-0.05, 0) is 25.8 Å². The van der Waals surface area contributed by atoms with E-state index in [-0.39, 0.29) is 30.4 Å². The number of halogens is 2. The average molecular weight is 432 g/mol. The normalized spacial score (nSPS) is 19.2. The van der Waals surface area contributed by atoms with Gasteiger partial charge in [0.25, 0.3) is 18.1 Å². The lowest BCUT2D eigenvalue weighted by molar-refractivity contribution is -0.000441. The van der Waals surface area contributed by atoms with Crippen molar-refractivity contribution in [3.05, 3.63) is 41.9 Å². The van der Waals surface area contributed by atoms with Crippen molar-refractivity contribution in [1.82, 2.24) is 34.4 Å². The number of hydrogen-bond donors (Lipinski definition) is 1. The molecule has 1 saturated heterocycles. The lowest BCUT2D eigenvalue weighted by Gasteiger charge is -2.41. The summed E-state index contributed by atoms with van der Waals surface area (Å²) < 4.78 is 27.5. The van der Waals surface area contributed by atoms with Crippen LogP contribution in [0.2, 0.25) is 0 Å². The third kappa shape index (κ3) is 4.29. The summed E-state index contributed by atoms with van der Waals surface area (Å²) in [6, 6.07) is 1.20. The van der Waals surface area contributed by atoms with Crippen molar-refractivity contribution in [2.24, 2.45) is 0 Å². The van der Waals surface area contributed by atoms with E-state index in [1.807, 2.05) is 4.90 Å². The number of piperidine rings is 1. The van der Waals surface area contributed by atoms with E-state index >= 15 is 0 Å². The predicted molar refractivity (Wildman–Crippen MR) is 106 cm³/mol. The third-order valence-corrected chi connectivity index (χ3v) is 5.19. The zero-order valence-electron chi connectivity index (χ0n) is 17.1. The molecule has 0 saturated carbocycles. The Morgan fingerprint density at radius 3 is 2.87 bits per heavy atom. The molecule has 0 spiro atoms. The smallest absolute Gasteiger partial charge is 0.293 e. The molecule has 1 atom stereocenters. The largest absolute Gasteiger partial charge is 0.386 e. The van der Waals surface area contributed by atoms with Gasteiger partial charge in [0.1, 0.15) is 11.5 Å². The first-order valence-corrected chi connectivity index (χ1v) is 9.77. The number of fused-ring (bicyclic) bond motifs is 1. The quantitative estimate of drug-likeness (QED) is 0.641. The SMILES string of the molecule is Cc1cc(C(F)F)n2nc(C(=O)N(C)C[C@]3(O)CCCN(c4cnccn4)C3)nc2n1. The Morgan fingerprint density at radius 2 is 2.16 bits per heavy atom. The number of nitrogens with zero attached hydrogens (tertiary/aromatic N) is 8. The number of amides is 1. The standard InChI is InChI=1S/C19H22F2N8O2/c1-12-8-13(15(20)21)29-18(24-12)25-16(26-29)17(30)27(2)10-19(31)4-3-7-28(11-19)14-9-22-5-6-23-14/h5-6,8-9,15,31H,3-4,7,10-11H2,1-2H3/t19-/m1/s1. The van der Waals surface area contributed by atoms with Gasteiger partial charge in [0, 0.05) is 38.2 Å². The number of carbonyl (C=O) groups is 1. The van der Waals surface area contributed by atoms with Crippen molar-refractivity contribution in [3.63, 3.8) is 0 Å². The second-order valence-electron chi connectivity index (χ2n) is 7.74. The molecule has 164 valence electrons. The number of likely N-dealkylation sites (N-methyl/N-ethyl adjacent to an activating group) is 1. The maximum Gasteiger partial charge on any atom is 0.293 e. The molecule has 31 heavy (non-hydrogen) atoms. The van der Waals surface area contributed by atoms with Crippen LogP contribution >= 0.6 is 0 Å². The molecule has 1 fully saturated rings. The molecule has 1 aliphatic rings. The minimum Gasteiger partial charge on any atom is -0.386 e. The van der Waals surface area contributed by atoms with Gasteiger partial charge in [0.05, 0.1) is 18.3 Å². The van der Waals surface area contributed by atoms with Crippen molar-refractivity contribution in [2.75, 3.05) is 31.6 Å². The first-order chi connectivity index (χ1) is 14.8. The van der Waals surface area contributed by atoms with Crippen LogP contribution in [0.4, 0.5) is 14.6 Å². The van der Waals surface area contributed by atoms with Crippen molar-refractivity contribution >= 4 is 17.5 Å². The van der Waals surface area contributed by atoms with Gasteiger partial charge in [-0.25, -0.2) is 18.7 Å². The highest BCUT2D eigenvalue weighted by Gasteiger charge is 2.36. The zero-order valence-corrected chi connectivity index (χ0v) is 17.1. The van der Waals surface area contributed by atoms with Crippen LogP contribution < -0.4 is 4.90 Å². The maximum atomic E-state index is 13.3. The van der Waals surface area contributed by atoms with E-state index in [1.165, 1.54) is 18.0 Å². The molecule has 12 heteroatoms. The first kappa shape index (κ1) is 21.0. The van der Waals surface area contributed by atoms with Crippen molar-refractivity contribution in [2.45, 2.75) is 31.8 Å². The van der Waals surface area contributed by atoms with Gasteiger partial charge < -0.3 is 14.9 Å². The zero-order chi connectivity index (χ0) is 22.2. The van der Waals surface area contributed by atoms with Crippen LogP contribution in [0.25, 0.3) is 5.78 Å². The third-order valence-electron chi connectivity index (χ3n) is 5.19. The number of β-amino-alcohol motifs (C(OH)–C–C–N with tert-alkyl or cyclic N) is 1. The summed E-state index contributed by atoms with van der Waals surface area (Å²) in [5, 5.41) is 15.1. The predicted octanol–water partition coefficient (Wildman–Crippen LogP) is 1.26. The Kier molecular flexibility index (Phi) is 5.48. The van der Waals surface area contributed by atoms with Crippen molar-refractivity contribution < 1.29 is 18.7 Å². The number of rotatable bonds is 5. The number of aromatic nitrogens is 6. The highest BCUT2D eigenvalue weighted by molar-refractivity contribution is 5.90. The Morgan fingerprint density at radius 1 is 1.35 bits per heavy atom. The Hall–Kier alpha value is -3.28. The van der Waals surface area contributed by atoms with Gasteiger partial charge in [-0.2, -0.15) is 9.50 Å². The van der Waals surface area contributed by atoms with Gasteiger partial charge in [0.15, 0.2) is 0 Å². The van der Waals surface area contributed by atoms with E-state index in [4.69, 9.17) is 0 Å². The second-order valence-corrected chi connectivity index (χ2v) is 7.74. The molecule has 1 aliphatic heterocycles. The molecule has 1 N–H and O–H groups in total. The Labute approximate surface area is 176 Å². The molecule has 0 aliphatic carbocycles. The van der Waals surface area contributed by atoms with Gasteiger partial charge >= 0.3 is 0 Å². The molecule has 0 aromatic carbocycles. The molecule has 3 aromatic rings. The molecule has 4 rings (SSSR count). The number of carbonyl (C=O) groups excluding carboxylic acids is 1. The van der Waals surface area contributed by atoms with Crippen LogP contribution in [-0.4, -0.2) is 77.7 Å². The lowest BCUT2D eigenvalue weighted by Crippen LogP contribution is -2.55. The second kappa shape index (κ2) is 8.10. The number of alkyl halides is 2. The minimum absolute atomic E-state index is 0.0201. The molecular formula is C19H22F2N8O2. The topological polar surface area (TPSA) is 113 Å². The number of aliphatic hydroxyl groups is 1. The van der Waals surface area contributed by atoms with E-state index in [1.54, 1.807) is 25.5 Å². The summed E-state index contributed by atoms with van der Waals surface area (Å²) in [5.41, 5.74) is -1.21. The molecule has 4 heterocycles. The Bertz CT molecular complexity index is 1090. The summed E-state index contributed by atoms with van der Waals surface area (Å²) in [6.07, 6.45) is 3.19. The van der Waals surface area contributed by atoms with E-state index < -0.39 is 17.9 Å². The van der Waals surface area contributed by atoms with Crippen LogP contribution in [0, 0.1) is 6.92 Å². The van der Waals surface area contributed by atoms with Crippen LogP contribution in [0.15, 0.2) is 24.7 Å². The molecule has 1 amide bonds. The summed E-state index contributed by atoms with van der Waals surface area (Å²) in [7, 11) is 1.51. The first-order valence-electron chi connectivity index (χ1n) is 9.77. The monoisotopic (exact) mass is 432 g/mol. The summed E-state index contributed by atoms with van der Waals surface area (Å²) in [4.78, 5) is 32.5. The fourth-order valence-electron chi connectivity index (χ4n) is 3.84. The van der Waals surface area contributed by atoms with Gasteiger partial charge in [0.2, 0.25) is 5.82 Å². The summed E-state index contributed by atoms with van der Waals surface area (Å²) >= 11 is 0. The highest BCUT2D eigenvalue weighted by atomic mass is 19.3. The number of aryl methyl sites for hydroxylation is 1. The van der Waals surface area contributed by atoms with E-state index in [9.17, 15) is 18.7 Å². The van der Waals surface area contributed by atoms with Crippen LogP contribution in [-0.2, 0) is 0 Å². The van der Waals surface area contributed by atoms with Crippen LogP contribution in [0.1, 0.15) is 41.3 Å². The maximum absolute atomic E-state index is 13.3. The van der Waals surface area contributed by atoms with Gasteiger partial charge in [-0.1, -0.05) is 0 Å². The van der Waals surface area contributed by atoms with E-state index in [0.29, 0.717) is 30.9 Å². The average Bonchev–Trinajstić information content (AvgIpc) is 3.16. The fraction of sp³-hybridized carbons (Fsp3) is 0.474.